The van der Waals surface area contributed by atoms with Crippen molar-refractivity contribution in [1.82, 2.24) is 0 Å². The van der Waals surface area contributed by atoms with Gasteiger partial charge in [-0.25, -0.2) is 13.6 Å². The highest BCUT2D eigenvalue weighted by atomic mass is 32.2. The molecule has 4 nitrogen and oxygen atoms in total. The van der Waals surface area contributed by atoms with Crippen molar-refractivity contribution in [2.45, 2.75) is 17.9 Å². The van der Waals surface area contributed by atoms with E-state index < -0.39 is 10.0 Å². The maximum absolute atomic E-state index is 11.0. The number of primary sulfonamides is 1. The summed E-state index contributed by atoms with van der Waals surface area (Å²) in [6.07, 6.45) is 2.04. The van der Waals surface area contributed by atoms with Crippen LogP contribution in [0.5, 0.6) is 0 Å². The quantitative estimate of drug-likeness (QED) is 0.841. The molecule has 1 unspecified atom stereocenters. The van der Waals surface area contributed by atoms with Crippen LogP contribution >= 0.6 is 11.8 Å². The first-order valence-electron chi connectivity index (χ1n) is 4.82. The van der Waals surface area contributed by atoms with Crippen LogP contribution in [0.25, 0.3) is 0 Å². The SMILES string of the molecule is CSCC(C)Nc1ccc(S(N)(=O)=O)cc1. The van der Waals surface area contributed by atoms with Gasteiger partial charge in [0.25, 0.3) is 0 Å². The van der Waals surface area contributed by atoms with Crippen LogP contribution in [0.15, 0.2) is 29.2 Å². The summed E-state index contributed by atoms with van der Waals surface area (Å²) in [5.74, 6) is 0.997. The minimum absolute atomic E-state index is 0.135. The van der Waals surface area contributed by atoms with Crippen LogP contribution in [0.3, 0.4) is 0 Å². The van der Waals surface area contributed by atoms with Crippen LogP contribution in [0.4, 0.5) is 5.69 Å². The van der Waals surface area contributed by atoms with Gasteiger partial charge in [0.1, 0.15) is 0 Å². The maximum atomic E-state index is 11.0. The van der Waals surface area contributed by atoms with Crippen LogP contribution in [-0.2, 0) is 10.0 Å². The molecule has 6 heteroatoms. The third-order valence-corrected chi connectivity index (χ3v) is 3.78. The van der Waals surface area contributed by atoms with Crippen molar-refractivity contribution in [3.05, 3.63) is 24.3 Å². The fraction of sp³-hybridized carbons (Fsp3) is 0.400. The second-order valence-corrected chi connectivity index (χ2v) is 6.04. The van der Waals surface area contributed by atoms with Crippen LogP contribution in [0.1, 0.15) is 6.92 Å². The van der Waals surface area contributed by atoms with E-state index in [1.165, 1.54) is 12.1 Å². The van der Waals surface area contributed by atoms with E-state index in [2.05, 4.69) is 12.2 Å². The molecule has 0 aliphatic carbocycles. The van der Waals surface area contributed by atoms with E-state index in [0.29, 0.717) is 6.04 Å². The highest BCUT2D eigenvalue weighted by Crippen LogP contribution is 2.14. The fourth-order valence-electron chi connectivity index (χ4n) is 1.32. The number of thioether (sulfide) groups is 1. The molecule has 0 heterocycles. The Hall–Kier alpha value is -0.720. The number of sulfonamides is 1. The van der Waals surface area contributed by atoms with Crippen molar-refractivity contribution in [3.63, 3.8) is 0 Å². The van der Waals surface area contributed by atoms with Crippen molar-refractivity contribution < 1.29 is 8.42 Å². The molecular formula is C10H16N2O2S2. The van der Waals surface area contributed by atoms with E-state index in [9.17, 15) is 8.42 Å². The molecule has 0 fully saturated rings. The first-order chi connectivity index (χ1) is 7.43. The van der Waals surface area contributed by atoms with E-state index in [0.717, 1.165) is 11.4 Å². The average molecular weight is 260 g/mol. The molecule has 0 saturated heterocycles. The Balaban J connectivity index is 2.72. The van der Waals surface area contributed by atoms with Crippen molar-refractivity contribution in [2.24, 2.45) is 5.14 Å². The largest absolute Gasteiger partial charge is 0.382 e. The lowest BCUT2D eigenvalue weighted by Gasteiger charge is -2.13. The molecule has 0 spiro atoms. The molecule has 0 saturated carbocycles. The molecule has 0 aliphatic heterocycles. The van der Waals surface area contributed by atoms with E-state index in [1.54, 1.807) is 23.9 Å². The van der Waals surface area contributed by atoms with Gasteiger partial charge >= 0.3 is 0 Å². The number of hydrogen-bond acceptors (Lipinski definition) is 4. The van der Waals surface area contributed by atoms with Gasteiger partial charge in [0, 0.05) is 17.5 Å². The zero-order chi connectivity index (χ0) is 12.2. The van der Waals surface area contributed by atoms with E-state index >= 15 is 0 Å². The highest BCUT2D eigenvalue weighted by Gasteiger charge is 2.07. The molecular weight excluding hydrogens is 244 g/mol. The molecule has 0 aliphatic rings. The Morgan fingerprint density at radius 3 is 2.38 bits per heavy atom. The Kier molecular flexibility index (Phi) is 4.64. The molecule has 16 heavy (non-hydrogen) atoms. The summed E-state index contributed by atoms with van der Waals surface area (Å²) in [6.45, 7) is 2.07. The van der Waals surface area contributed by atoms with E-state index in [1.807, 2.05) is 6.26 Å². The highest BCUT2D eigenvalue weighted by molar-refractivity contribution is 7.98. The lowest BCUT2D eigenvalue weighted by atomic mass is 10.3. The monoisotopic (exact) mass is 260 g/mol. The second kappa shape index (κ2) is 5.56. The van der Waals surface area contributed by atoms with Gasteiger partial charge in [-0.3, -0.25) is 0 Å². The zero-order valence-corrected chi connectivity index (χ0v) is 10.9. The van der Waals surface area contributed by atoms with E-state index in [4.69, 9.17) is 5.14 Å². The molecule has 0 radical (unpaired) electrons. The Morgan fingerprint density at radius 1 is 1.38 bits per heavy atom. The molecule has 3 N–H and O–H groups in total. The predicted octanol–water partition coefficient (Wildman–Crippen LogP) is 1.50. The predicted molar refractivity (Wildman–Crippen MR) is 69.3 cm³/mol. The number of rotatable bonds is 5. The van der Waals surface area contributed by atoms with Crippen molar-refractivity contribution in [3.8, 4) is 0 Å². The van der Waals surface area contributed by atoms with Crippen LogP contribution in [0, 0.1) is 0 Å². The van der Waals surface area contributed by atoms with Gasteiger partial charge in [-0.2, -0.15) is 11.8 Å². The first kappa shape index (κ1) is 13.3. The van der Waals surface area contributed by atoms with Crippen molar-refractivity contribution >= 4 is 27.5 Å². The second-order valence-electron chi connectivity index (χ2n) is 3.57. The number of nitrogens with two attached hydrogens (primary N) is 1. The average Bonchev–Trinajstić information content (AvgIpc) is 2.17. The summed E-state index contributed by atoms with van der Waals surface area (Å²) in [4.78, 5) is 0.135. The standard InChI is InChI=1S/C10H16N2O2S2/c1-8(7-15-2)12-9-3-5-10(6-4-9)16(11,13)14/h3-6,8,12H,7H2,1-2H3,(H2,11,13,14). The third kappa shape index (κ3) is 4.03. The molecule has 0 amide bonds. The Bertz CT molecular complexity index is 429. The van der Waals surface area contributed by atoms with Gasteiger partial charge in [-0.05, 0) is 37.4 Å². The molecule has 1 atom stereocenters. The van der Waals surface area contributed by atoms with Gasteiger partial charge in [-0.15, -0.1) is 0 Å². The van der Waals surface area contributed by atoms with Crippen molar-refractivity contribution in [2.75, 3.05) is 17.3 Å². The van der Waals surface area contributed by atoms with Crippen LogP contribution in [0.2, 0.25) is 0 Å². The zero-order valence-electron chi connectivity index (χ0n) is 9.30. The minimum atomic E-state index is -3.59. The van der Waals surface area contributed by atoms with Gasteiger partial charge in [0.2, 0.25) is 10.0 Å². The number of nitrogens with one attached hydrogen (secondary N) is 1. The van der Waals surface area contributed by atoms with Crippen LogP contribution < -0.4 is 10.5 Å². The summed E-state index contributed by atoms with van der Waals surface area (Å²) in [5, 5.41) is 8.27. The lowest BCUT2D eigenvalue weighted by Crippen LogP contribution is -2.18. The van der Waals surface area contributed by atoms with Crippen LogP contribution in [-0.4, -0.2) is 26.5 Å². The smallest absolute Gasteiger partial charge is 0.238 e. The normalized spacial score (nSPS) is 13.4. The number of benzene rings is 1. The fourth-order valence-corrected chi connectivity index (χ4v) is 2.42. The molecule has 1 rings (SSSR count). The molecule has 0 bridgehead atoms. The van der Waals surface area contributed by atoms with Gasteiger partial charge in [0.05, 0.1) is 4.90 Å². The number of hydrogen-bond donors (Lipinski definition) is 2. The first-order valence-corrected chi connectivity index (χ1v) is 7.76. The van der Waals surface area contributed by atoms with Gasteiger partial charge < -0.3 is 5.32 Å². The van der Waals surface area contributed by atoms with Gasteiger partial charge in [-0.1, -0.05) is 0 Å². The van der Waals surface area contributed by atoms with E-state index in [-0.39, 0.29) is 4.90 Å². The summed E-state index contributed by atoms with van der Waals surface area (Å²) in [5.41, 5.74) is 0.897. The lowest BCUT2D eigenvalue weighted by molar-refractivity contribution is 0.598. The topological polar surface area (TPSA) is 72.2 Å². The minimum Gasteiger partial charge on any atom is -0.382 e. The summed E-state index contributed by atoms with van der Waals surface area (Å²) < 4.78 is 22.0. The Labute approximate surface area is 101 Å². The third-order valence-electron chi connectivity index (χ3n) is 2.01. The summed E-state index contributed by atoms with van der Waals surface area (Å²) in [6, 6.07) is 6.79. The molecule has 1 aromatic carbocycles. The molecule has 90 valence electrons. The molecule has 0 aromatic heterocycles. The number of anilines is 1. The van der Waals surface area contributed by atoms with Gasteiger partial charge in [0.15, 0.2) is 0 Å². The Morgan fingerprint density at radius 2 is 1.94 bits per heavy atom. The summed E-state index contributed by atoms with van der Waals surface area (Å²) >= 11 is 1.76. The van der Waals surface area contributed by atoms with Crippen molar-refractivity contribution in [1.29, 1.82) is 0 Å². The summed E-state index contributed by atoms with van der Waals surface area (Å²) in [7, 11) is -3.59. The maximum Gasteiger partial charge on any atom is 0.238 e. The molecule has 1 aromatic rings.